The van der Waals surface area contributed by atoms with Crippen LogP contribution in [0.15, 0.2) is 54.6 Å². The molecular formula is C18H18FNO3. The lowest BCUT2D eigenvalue weighted by Crippen LogP contribution is -2.22. The van der Waals surface area contributed by atoms with Crippen molar-refractivity contribution in [2.75, 3.05) is 11.9 Å². The van der Waals surface area contributed by atoms with E-state index in [1.807, 2.05) is 37.3 Å². The molecule has 0 aliphatic carbocycles. The molecule has 120 valence electrons. The van der Waals surface area contributed by atoms with Crippen molar-refractivity contribution in [2.24, 2.45) is 0 Å². The van der Waals surface area contributed by atoms with Gasteiger partial charge in [0.15, 0.2) is 6.61 Å². The fourth-order valence-corrected chi connectivity index (χ4v) is 2.10. The molecule has 2 aromatic rings. The highest BCUT2D eigenvalue weighted by atomic mass is 19.1. The summed E-state index contributed by atoms with van der Waals surface area (Å²) in [6.07, 6.45) is 0.178. The zero-order chi connectivity index (χ0) is 16.7. The molecule has 5 heteroatoms. The Morgan fingerprint density at radius 1 is 1.09 bits per heavy atom. The lowest BCUT2D eigenvalue weighted by Gasteiger charge is -2.11. The monoisotopic (exact) mass is 315 g/mol. The molecule has 0 fully saturated rings. The number of rotatable bonds is 6. The maximum atomic E-state index is 13.4. The number of hydrogen-bond donors (Lipinski definition) is 1. The molecule has 23 heavy (non-hydrogen) atoms. The average molecular weight is 315 g/mol. The largest absolute Gasteiger partial charge is 0.456 e. The summed E-state index contributed by atoms with van der Waals surface area (Å²) in [5.41, 5.74) is 1.09. The minimum Gasteiger partial charge on any atom is -0.456 e. The first-order valence-electron chi connectivity index (χ1n) is 7.31. The molecule has 0 saturated heterocycles. The highest BCUT2D eigenvalue weighted by Crippen LogP contribution is 2.19. The van der Waals surface area contributed by atoms with E-state index in [-0.39, 0.29) is 18.0 Å². The Balaban J connectivity index is 1.78. The summed E-state index contributed by atoms with van der Waals surface area (Å²) < 4.78 is 18.3. The van der Waals surface area contributed by atoms with Crippen molar-refractivity contribution in [2.45, 2.75) is 19.3 Å². The summed E-state index contributed by atoms with van der Waals surface area (Å²) in [7, 11) is 0. The summed E-state index contributed by atoms with van der Waals surface area (Å²) in [6, 6.07) is 15.4. The number of esters is 1. The molecule has 0 spiro atoms. The minimum absolute atomic E-state index is 0.00155. The van der Waals surface area contributed by atoms with E-state index in [2.05, 4.69) is 5.32 Å². The lowest BCUT2D eigenvalue weighted by molar-refractivity contribution is -0.147. The Morgan fingerprint density at radius 2 is 1.74 bits per heavy atom. The van der Waals surface area contributed by atoms with Gasteiger partial charge in [-0.25, -0.2) is 4.39 Å². The Hall–Kier alpha value is -2.69. The van der Waals surface area contributed by atoms with Crippen molar-refractivity contribution >= 4 is 17.6 Å². The zero-order valence-electron chi connectivity index (χ0n) is 12.8. The summed E-state index contributed by atoms with van der Waals surface area (Å²) in [4.78, 5) is 23.4. The van der Waals surface area contributed by atoms with Gasteiger partial charge in [-0.15, -0.1) is 0 Å². The predicted molar refractivity (Wildman–Crippen MR) is 85.5 cm³/mol. The van der Waals surface area contributed by atoms with Gasteiger partial charge in [0.1, 0.15) is 5.82 Å². The predicted octanol–water partition coefficient (Wildman–Crippen LogP) is 3.50. The normalized spacial score (nSPS) is 11.6. The topological polar surface area (TPSA) is 55.4 Å². The van der Waals surface area contributed by atoms with Crippen LogP contribution in [-0.2, 0) is 14.3 Å². The fourth-order valence-electron chi connectivity index (χ4n) is 2.10. The number of halogens is 1. The molecule has 0 radical (unpaired) electrons. The van der Waals surface area contributed by atoms with Crippen LogP contribution in [0.25, 0.3) is 0 Å². The van der Waals surface area contributed by atoms with Crippen molar-refractivity contribution in [3.05, 3.63) is 66.0 Å². The number of anilines is 1. The van der Waals surface area contributed by atoms with Gasteiger partial charge in [0.05, 0.1) is 12.1 Å². The molecule has 0 saturated carbocycles. The Bertz CT molecular complexity index is 673. The van der Waals surface area contributed by atoms with E-state index >= 15 is 0 Å². The third-order valence-corrected chi connectivity index (χ3v) is 3.35. The number of nitrogens with one attached hydrogen (secondary N) is 1. The molecule has 0 bridgehead atoms. The second-order valence-electron chi connectivity index (χ2n) is 5.20. The van der Waals surface area contributed by atoms with Gasteiger partial charge >= 0.3 is 5.97 Å². The SMILES string of the molecule is CC(CC(=O)OCC(=O)Nc1ccccc1F)c1ccccc1. The smallest absolute Gasteiger partial charge is 0.306 e. The van der Waals surface area contributed by atoms with E-state index in [1.165, 1.54) is 18.2 Å². The van der Waals surface area contributed by atoms with Gasteiger partial charge in [0, 0.05) is 0 Å². The van der Waals surface area contributed by atoms with Gasteiger partial charge in [-0.3, -0.25) is 9.59 Å². The number of carbonyl (C=O) groups excluding carboxylic acids is 2. The van der Waals surface area contributed by atoms with Gasteiger partial charge in [-0.2, -0.15) is 0 Å². The maximum absolute atomic E-state index is 13.4. The van der Waals surface area contributed by atoms with Crippen LogP contribution in [-0.4, -0.2) is 18.5 Å². The Labute approximate surface area is 134 Å². The van der Waals surface area contributed by atoms with E-state index in [4.69, 9.17) is 4.74 Å². The molecule has 0 heterocycles. The van der Waals surface area contributed by atoms with E-state index in [0.29, 0.717) is 0 Å². The fraction of sp³-hybridized carbons (Fsp3) is 0.222. The Kier molecular flexibility index (Phi) is 5.86. The highest BCUT2D eigenvalue weighted by molar-refractivity contribution is 5.92. The lowest BCUT2D eigenvalue weighted by atomic mass is 9.98. The molecule has 1 atom stereocenters. The van der Waals surface area contributed by atoms with E-state index in [1.54, 1.807) is 6.07 Å². The van der Waals surface area contributed by atoms with Crippen LogP contribution in [0.1, 0.15) is 24.8 Å². The van der Waals surface area contributed by atoms with Crippen LogP contribution in [0, 0.1) is 5.82 Å². The summed E-state index contributed by atoms with van der Waals surface area (Å²) >= 11 is 0. The van der Waals surface area contributed by atoms with Crippen LogP contribution in [0.3, 0.4) is 0 Å². The van der Waals surface area contributed by atoms with Crippen molar-refractivity contribution in [1.29, 1.82) is 0 Å². The molecule has 1 unspecified atom stereocenters. The van der Waals surface area contributed by atoms with E-state index in [0.717, 1.165) is 5.56 Å². The molecule has 2 aromatic carbocycles. The van der Waals surface area contributed by atoms with Crippen molar-refractivity contribution in [3.63, 3.8) is 0 Å². The third kappa shape index (κ3) is 5.21. The zero-order valence-corrected chi connectivity index (χ0v) is 12.8. The van der Waals surface area contributed by atoms with Crippen LogP contribution >= 0.6 is 0 Å². The van der Waals surface area contributed by atoms with E-state index in [9.17, 15) is 14.0 Å². The molecule has 0 aromatic heterocycles. The van der Waals surface area contributed by atoms with Gasteiger partial charge in [0.2, 0.25) is 0 Å². The number of para-hydroxylation sites is 1. The molecule has 4 nitrogen and oxygen atoms in total. The second-order valence-corrected chi connectivity index (χ2v) is 5.20. The number of ether oxygens (including phenoxy) is 1. The minimum atomic E-state index is -0.573. The van der Waals surface area contributed by atoms with Gasteiger partial charge in [0.25, 0.3) is 5.91 Å². The highest BCUT2D eigenvalue weighted by Gasteiger charge is 2.14. The first-order chi connectivity index (χ1) is 11.1. The molecule has 0 aliphatic heterocycles. The standard InChI is InChI=1S/C18H18FNO3/c1-13(14-7-3-2-4-8-14)11-18(22)23-12-17(21)20-16-10-6-5-9-15(16)19/h2-10,13H,11-12H2,1H3,(H,20,21). The van der Waals surface area contributed by atoms with Gasteiger partial charge in [-0.05, 0) is 23.6 Å². The second kappa shape index (κ2) is 8.08. The average Bonchev–Trinajstić information content (AvgIpc) is 2.56. The van der Waals surface area contributed by atoms with Crippen LogP contribution in [0.4, 0.5) is 10.1 Å². The Morgan fingerprint density at radius 3 is 2.43 bits per heavy atom. The van der Waals surface area contributed by atoms with Gasteiger partial charge < -0.3 is 10.1 Å². The third-order valence-electron chi connectivity index (χ3n) is 3.35. The van der Waals surface area contributed by atoms with E-state index < -0.39 is 24.3 Å². The molecule has 0 aliphatic rings. The molecule has 1 N–H and O–H groups in total. The number of amides is 1. The van der Waals surface area contributed by atoms with Gasteiger partial charge in [-0.1, -0.05) is 49.4 Å². The number of carbonyl (C=O) groups is 2. The number of hydrogen-bond acceptors (Lipinski definition) is 3. The van der Waals surface area contributed by atoms with Crippen molar-refractivity contribution in [3.8, 4) is 0 Å². The molecular weight excluding hydrogens is 297 g/mol. The molecule has 2 rings (SSSR count). The molecule has 1 amide bonds. The summed E-state index contributed by atoms with van der Waals surface area (Å²) in [5.74, 6) is -1.58. The van der Waals surface area contributed by atoms with Crippen LogP contribution in [0.5, 0.6) is 0 Å². The first kappa shape index (κ1) is 16.7. The summed E-state index contributed by atoms with van der Waals surface area (Å²) in [6.45, 7) is 1.48. The quantitative estimate of drug-likeness (QED) is 0.830. The first-order valence-corrected chi connectivity index (χ1v) is 7.31. The van der Waals surface area contributed by atoms with Crippen LogP contribution < -0.4 is 5.32 Å². The van der Waals surface area contributed by atoms with Crippen molar-refractivity contribution < 1.29 is 18.7 Å². The van der Waals surface area contributed by atoms with Crippen molar-refractivity contribution in [1.82, 2.24) is 0 Å². The number of benzene rings is 2. The maximum Gasteiger partial charge on any atom is 0.306 e. The van der Waals surface area contributed by atoms with Crippen LogP contribution in [0.2, 0.25) is 0 Å². The summed E-state index contributed by atoms with van der Waals surface area (Å²) in [5, 5.41) is 2.36.